The molecule has 2 heteroatoms. The number of rotatable bonds is 6. The van der Waals surface area contributed by atoms with E-state index in [1.165, 1.54) is 51.2 Å². The third kappa shape index (κ3) is 4.95. The number of fused-ring (bicyclic) bond motifs is 1. The van der Waals surface area contributed by atoms with Crippen molar-refractivity contribution >= 4 is 5.97 Å². The zero-order valence-corrected chi connectivity index (χ0v) is 18.7. The van der Waals surface area contributed by atoms with Crippen molar-refractivity contribution in [2.45, 2.75) is 86.5 Å². The molecule has 1 fully saturated rings. The summed E-state index contributed by atoms with van der Waals surface area (Å²) >= 11 is 0. The van der Waals surface area contributed by atoms with Crippen molar-refractivity contribution in [1.29, 1.82) is 0 Å². The van der Waals surface area contributed by atoms with Crippen LogP contribution in [-0.4, -0.2) is 13.1 Å². The van der Waals surface area contributed by atoms with Crippen LogP contribution in [0.2, 0.25) is 0 Å². The van der Waals surface area contributed by atoms with E-state index in [1.807, 2.05) is 19.1 Å². The maximum Gasteiger partial charge on any atom is 0.312 e. The molecule has 0 N–H and O–H groups in total. The van der Waals surface area contributed by atoms with Gasteiger partial charge in [0.05, 0.1) is 13.0 Å². The van der Waals surface area contributed by atoms with E-state index in [-0.39, 0.29) is 11.9 Å². The number of allylic oxidation sites excluding steroid dienone is 5. The molecular weight excluding hydrogens is 332 g/mol. The van der Waals surface area contributed by atoms with E-state index in [1.54, 1.807) is 11.1 Å². The third-order valence-electron chi connectivity index (χ3n) is 7.37. The summed E-state index contributed by atoms with van der Waals surface area (Å²) in [5, 5.41) is 0. The molecule has 27 heavy (non-hydrogen) atoms. The summed E-state index contributed by atoms with van der Waals surface area (Å²) in [5.74, 6) is 0.452. The lowest BCUT2D eigenvalue weighted by atomic mass is 9.50. The van der Waals surface area contributed by atoms with Crippen molar-refractivity contribution in [3.05, 3.63) is 34.9 Å². The molecule has 2 rings (SSSR count). The Morgan fingerprint density at radius 2 is 2.00 bits per heavy atom. The minimum absolute atomic E-state index is 0.181. The fourth-order valence-electron chi connectivity index (χ4n) is 5.75. The highest BCUT2D eigenvalue weighted by atomic mass is 16.5. The number of hydrogen-bond donors (Lipinski definition) is 0. The lowest BCUT2D eigenvalue weighted by molar-refractivity contribution is -0.143. The molecule has 0 heterocycles. The van der Waals surface area contributed by atoms with E-state index in [9.17, 15) is 4.79 Å². The first-order valence-corrected chi connectivity index (χ1v) is 10.7. The first kappa shape index (κ1) is 22.0. The van der Waals surface area contributed by atoms with Gasteiger partial charge in [-0.1, -0.05) is 62.1 Å². The van der Waals surface area contributed by atoms with Gasteiger partial charge in [-0.2, -0.15) is 0 Å². The van der Waals surface area contributed by atoms with Crippen LogP contribution in [0.5, 0.6) is 0 Å². The van der Waals surface area contributed by atoms with Crippen molar-refractivity contribution in [3.8, 4) is 0 Å². The molecule has 0 aromatic carbocycles. The Morgan fingerprint density at radius 1 is 1.30 bits per heavy atom. The molecule has 0 spiro atoms. The van der Waals surface area contributed by atoms with Gasteiger partial charge in [0.25, 0.3) is 0 Å². The van der Waals surface area contributed by atoms with Gasteiger partial charge in [-0.15, -0.1) is 0 Å². The standard InChI is InChI=1S/C25H40O2/c1-18(10-8-11-20(3)23(26)27-7)12-14-21-19(2)13-15-22-24(4,5)16-9-17-25(21,22)6/h8,10-11,20,22H,9,12-17H2,1-7H3. The Labute approximate surface area is 167 Å². The second-order valence-electron chi connectivity index (χ2n) is 9.82. The van der Waals surface area contributed by atoms with Crippen molar-refractivity contribution in [2.24, 2.45) is 22.7 Å². The summed E-state index contributed by atoms with van der Waals surface area (Å²) in [7, 11) is 1.44. The van der Waals surface area contributed by atoms with Gasteiger partial charge in [-0.05, 0) is 76.0 Å². The normalized spacial score (nSPS) is 29.6. The number of carbonyl (C=O) groups is 1. The van der Waals surface area contributed by atoms with E-state index in [2.05, 4.69) is 40.7 Å². The van der Waals surface area contributed by atoms with Gasteiger partial charge in [0, 0.05) is 0 Å². The molecule has 0 bridgehead atoms. The molecule has 0 aliphatic heterocycles. The number of esters is 1. The van der Waals surface area contributed by atoms with E-state index < -0.39 is 0 Å². The zero-order chi connectivity index (χ0) is 20.2. The first-order chi connectivity index (χ1) is 12.6. The zero-order valence-electron chi connectivity index (χ0n) is 18.7. The molecule has 3 unspecified atom stereocenters. The molecule has 2 nitrogen and oxygen atoms in total. The van der Waals surface area contributed by atoms with Gasteiger partial charge in [-0.25, -0.2) is 0 Å². The Kier molecular flexibility index (Phi) is 7.16. The van der Waals surface area contributed by atoms with Crippen molar-refractivity contribution in [1.82, 2.24) is 0 Å². The van der Waals surface area contributed by atoms with Crippen molar-refractivity contribution < 1.29 is 9.53 Å². The summed E-state index contributed by atoms with van der Waals surface area (Å²) in [6.45, 7) is 14.0. The Bertz CT molecular complexity index is 635. The van der Waals surface area contributed by atoms with E-state index in [0.717, 1.165) is 12.3 Å². The second-order valence-corrected chi connectivity index (χ2v) is 9.82. The van der Waals surface area contributed by atoms with Crippen molar-refractivity contribution in [2.75, 3.05) is 7.11 Å². The lowest BCUT2D eigenvalue weighted by Gasteiger charge is -2.55. The highest BCUT2D eigenvalue weighted by Gasteiger charge is 2.49. The molecule has 3 atom stereocenters. The van der Waals surface area contributed by atoms with Gasteiger partial charge < -0.3 is 4.74 Å². The number of ether oxygens (including phenoxy) is 1. The van der Waals surface area contributed by atoms with E-state index in [4.69, 9.17) is 4.74 Å². The van der Waals surface area contributed by atoms with Crippen LogP contribution in [0.3, 0.4) is 0 Å². The summed E-state index contributed by atoms with van der Waals surface area (Å²) in [6.07, 6.45) is 15.1. The van der Waals surface area contributed by atoms with Crippen LogP contribution in [0, 0.1) is 22.7 Å². The van der Waals surface area contributed by atoms with Crippen LogP contribution in [-0.2, 0) is 9.53 Å². The lowest BCUT2D eigenvalue weighted by Crippen LogP contribution is -2.45. The maximum absolute atomic E-state index is 11.5. The van der Waals surface area contributed by atoms with Crippen LogP contribution in [0.4, 0.5) is 0 Å². The quantitative estimate of drug-likeness (QED) is 0.284. The van der Waals surface area contributed by atoms with Gasteiger partial charge in [0.2, 0.25) is 0 Å². The topological polar surface area (TPSA) is 26.3 Å². The highest BCUT2D eigenvalue weighted by Crippen LogP contribution is 2.60. The summed E-state index contributed by atoms with van der Waals surface area (Å²) in [6, 6.07) is 0. The molecular formula is C25H40O2. The summed E-state index contributed by atoms with van der Waals surface area (Å²) < 4.78 is 4.77. The van der Waals surface area contributed by atoms with Crippen LogP contribution in [0.25, 0.3) is 0 Å². The largest absolute Gasteiger partial charge is 0.469 e. The Balaban J connectivity index is 2.06. The third-order valence-corrected chi connectivity index (χ3v) is 7.37. The molecule has 0 radical (unpaired) electrons. The molecule has 1 saturated carbocycles. The van der Waals surface area contributed by atoms with E-state index >= 15 is 0 Å². The summed E-state index contributed by atoms with van der Waals surface area (Å²) in [5.41, 5.74) is 5.63. The predicted octanol–water partition coefficient (Wildman–Crippen LogP) is 7.02. The van der Waals surface area contributed by atoms with Gasteiger partial charge >= 0.3 is 5.97 Å². The van der Waals surface area contributed by atoms with Crippen LogP contribution in [0.15, 0.2) is 34.9 Å². The highest BCUT2D eigenvalue weighted by molar-refractivity contribution is 5.73. The molecule has 2 aliphatic carbocycles. The molecule has 0 saturated heterocycles. The van der Waals surface area contributed by atoms with Gasteiger partial charge in [0.1, 0.15) is 0 Å². The Morgan fingerprint density at radius 3 is 2.67 bits per heavy atom. The molecule has 0 amide bonds. The minimum Gasteiger partial charge on any atom is -0.469 e. The van der Waals surface area contributed by atoms with Crippen LogP contribution in [0.1, 0.15) is 86.5 Å². The Hall–Kier alpha value is -1.31. The van der Waals surface area contributed by atoms with Gasteiger partial charge in [-0.3, -0.25) is 4.79 Å². The number of carbonyl (C=O) groups excluding carboxylic acids is 1. The number of hydrogen-bond acceptors (Lipinski definition) is 2. The average molecular weight is 373 g/mol. The van der Waals surface area contributed by atoms with E-state index in [0.29, 0.717) is 10.8 Å². The number of methoxy groups -OCH3 is 1. The molecule has 152 valence electrons. The maximum atomic E-state index is 11.5. The van der Waals surface area contributed by atoms with Crippen LogP contribution < -0.4 is 0 Å². The molecule has 0 aromatic heterocycles. The molecule has 0 aromatic rings. The minimum atomic E-state index is -0.188. The average Bonchev–Trinajstić information content (AvgIpc) is 2.59. The first-order valence-electron chi connectivity index (χ1n) is 10.7. The van der Waals surface area contributed by atoms with Crippen LogP contribution >= 0.6 is 0 Å². The van der Waals surface area contributed by atoms with Crippen molar-refractivity contribution in [3.63, 3.8) is 0 Å². The predicted molar refractivity (Wildman–Crippen MR) is 114 cm³/mol. The monoisotopic (exact) mass is 372 g/mol. The smallest absolute Gasteiger partial charge is 0.312 e. The second kappa shape index (κ2) is 8.80. The van der Waals surface area contributed by atoms with Gasteiger partial charge in [0.15, 0.2) is 0 Å². The SMILES string of the molecule is COC(=O)C(C)C=CC=C(C)CCC1=C(C)CCC2C(C)(C)CCCC12C. The fraction of sp³-hybridized carbons (Fsp3) is 0.720. The fourth-order valence-corrected chi connectivity index (χ4v) is 5.75. The summed E-state index contributed by atoms with van der Waals surface area (Å²) in [4.78, 5) is 11.5. The molecule has 2 aliphatic rings.